The Morgan fingerprint density at radius 2 is 1.67 bits per heavy atom. The van der Waals surface area contributed by atoms with Gasteiger partial charge in [-0.05, 0) is 41.9 Å². The van der Waals surface area contributed by atoms with Crippen molar-refractivity contribution in [1.82, 2.24) is 0 Å². The largest absolute Gasteiger partial charge is 0.392 e. The Bertz CT molecular complexity index is 221. The minimum Gasteiger partial charge on any atom is -0.392 e. The Morgan fingerprint density at radius 1 is 1.13 bits per heavy atom. The van der Waals surface area contributed by atoms with Gasteiger partial charge < -0.3 is 5.11 Å². The molecule has 0 aromatic rings. The van der Waals surface area contributed by atoms with Crippen LogP contribution in [0.2, 0.25) is 0 Å². The fraction of sp³-hybridized carbons (Fsp3) is 1.00. The van der Waals surface area contributed by atoms with Gasteiger partial charge in [0.05, 0.1) is 6.10 Å². The maximum Gasteiger partial charge on any atom is 0.0627 e. The predicted molar refractivity (Wildman–Crippen MR) is 65.7 cm³/mol. The Kier molecular flexibility index (Phi) is 3.55. The van der Waals surface area contributed by atoms with Crippen LogP contribution in [-0.4, -0.2) is 11.2 Å². The van der Waals surface area contributed by atoms with Crippen molar-refractivity contribution in [3.8, 4) is 0 Å². The molecule has 1 N–H and O–H groups in total. The van der Waals surface area contributed by atoms with Gasteiger partial charge in [-0.15, -0.1) is 0 Å². The van der Waals surface area contributed by atoms with E-state index in [1.165, 1.54) is 19.3 Å². The van der Waals surface area contributed by atoms with Crippen molar-refractivity contribution in [3.63, 3.8) is 0 Å². The van der Waals surface area contributed by atoms with E-state index < -0.39 is 0 Å². The number of hydrogen-bond donors (Lipinski definition) is 1. The highest BCUT2D eigenvalue weighted by Crippen LogP contribution is 2.61. The van der Waals surface area contributed by atoms with Crippen molar-refractivity contribution in [3.05, 3.63) is 0 Å². The zero-order chi connectivity index (χ0) is 11.9. The monoisotopic (exact) mass is 212 g/mol. The van der Waals surface area contributed by atoms with Crippen LogP contribution in [-0.2, 0) is 0 Å². The van der Waals surface area contributed by atoms with E-state index in [2.05, 4.69) is 27.7 Å². The van der Waals surface area contributed by atoms with E-state index in [0.29, 0.717) is 11.3 Å². The molecule has 15 heavy (non-hydrogen) atoms. The second kappa shape index (κ2) is 4.08. The van der Waals surface area contributed by atoms with Crippen LogP contribution in [0.1, 0.15) is 60.8 Å². The van der Waals surface area contributed by atoms with Crippen LogP contribution in [0.4, 0.5) is 0 Å². The second-order valence-electron chi connectivity index (χ2n) is 6.11. The Balaban J connectivity index is 0.000000531. The van der Waals surface area contributed by atoms with Crippen LogP contribution in [0.3, 0.4) is 0 Å². The van der Waals surface area contributed by atoms with Crippen molar-refractivity contribution in [2.24, 2.45) is 22.7 Å². The Labute approximate surface area is 95.3 Å². The van der Waals surface area contributed by atoms with E-state index in [0.717, 1.165) is 5.92 Å². The Morgan fingerprint density at radius 3 is 2.07 bits per heavy atom. The summed E-state index contributed by atoms with van der Waals surface area (Å²) < 4.78 is 0. The standard InChI is InChI=1S/C12H22O.C2H6/c1-8-9-5-6-12(4,10(8)13)11(2,3)7-9;1-2/h8-10,13H,5-7H2,1-4H3;1-2H3/t8?,9?,10?,12-;/m0./s1. The molecule has 0 aromatic carbocycles. The van der Waals surface area contributed by atoms with Crippen LogP contribution in [0.5, 0.6) is 0 Å². The molecule has 4 atom stereocenters. The molecular formula is C14H28O. The van der Waals surface area contributed by atoms with Crippen LogP contribution in [0.25, 0.3) is 0 Å². The van der Waals surface area contributed by atoms with E-state index in [1.54, 1.807) is 0 Å². The third kappa shape index (κ3) is 1.73. The molecule has 0 spiro atoms. The number of aliphatic hydroxyl groups excluding tert-OH is 1. The molecule has 0 heterocycles. The molecule has 3 aliphatic rings. The van der Waals surface area contributed by atoms with E-state index in [4.69, 9.17) is 0 Å². The molecule has 3 unspecified atom stereocenters. The van der Waals surface area contributed by atoms with Crippen molar-refractivity contribution >= 4 is 0 Å². The predicted octanol–water partition coefficient (Wildman–Crippen LogP) is 3.86. The first kappa shape index (κ1) is 13.0. The molecule has 0 aliphatic heterocycles. The first-order valence-corrected chi connectivity index (χ1v) is 6.56. The number of aliphatic hydroxyl groups is 1. The summed E-state index contributed by atoms with van der Waals surface area (Å²) in [4.78, 5) is 0. The van der Waals surface area contributed by atoms with Gasteiger partial charge in [-0.1, -0.05) is 41.5 Å². The molecule has 1 nitrogen and oxygen atoms in total. The zero-order valence-corrected chi connectivity index (χ0v) is 11.3. The van der Waals surface area contributed by atoms with Crippen molar-refractivity contribution < 1.29 is 5.11 Å². The fourth-order valence-corrected chi connectivity index (χ4v) is 3.65. The second-order valence-corrected chi connectivity index (χ2v) is 6.11. The van der Waals surface area contributed by atoms with E-state index in [9.17, 15) is 5.11 Å². The van der Waals surface area contributed by atoms with Gasteiger partial charge in [0.15, 0.2) is 0 Å². The fourth-order valence-electron chi connectivity index (χ4n) is 3.65. The summed E-state index contributed by atoms with van der Waals surface area (Å²) in [7, 11) is 0. The molecule has 90 valence electrons. The molecule has 3 rings (SSSR count). The molecule has 3 fully saturated rings. The van der Waals surface area contributed by atoms with Crippen LogP contribution >= 0.6 is 0 Å². The average molecular weight is 212 g/mol. The van der Waals surface area contributed by atoms with Crippen molar-refractivity contribution in [2.75, 3.05) is 0 Å². The third-order valence-electron chi connectivity index (χ3n) is 5.25. The quantitative estimate of drug-likeness (QED) is 0.646. The van der Waals surface area contributed by atoms with Crippen molar-refractivity contribution in [2.45, 2.75) is 66.9 Å². The molecular weight excluding hydrogens is 184 g/mol. The van der Waals surface area contributed by atoms with Crippen molar-refractivity contribution in [1.29, 1.82) is 0 Å². The molecule has 0 amide bonds. The molecule has 0 radical (unpaired) electrons. The zero-order valence-electron chi connectivity index (χ0n) is 11.3. The minimum atomic E-state index is -0.0741. The number of rotatable bonds is 0. The normalized spacial score (nSPS) is 47.0. The van der Waals surface area contributed by atoms with E-state index >= 15 is 0 Å². The van der Waals surface area contributed by atoms with Gasteiger partial charge in [-0.3, -0.25) is 0 Å². The summed E-state index contributed by atoms with van der Waals surface area (Å²) in [5.41, 5.74) is 0.503. The Hall–Kier alpha value is -0.0400. The summed E-state index contributed by atoms with van der Waals surface area (Å²) in [6.45, 7) is 13.2. The maximum atomic E-state index is 10.3. The third-order valence-corrected chi connectivity index (χ3v) is 5.25. The SMILES string of the molecule is CC.CC1C2CC[C@@](C)(C1O)C(C)(C)C2. The van der Waals surface area contributed by atoms with Gasteiger partial charge in [0.1, 0.15) is 0 Å². The topological polar surface area (TPSA) is 20.2 Å². The molecule has 3 aliphatic carbocycles. The lowest BCUT2D eigenvalue weighted by molar-refractivity contribution is -0.177. The van der Waals surface area contributed by atoms with E-state index in [1.807, 2.05) is 13.8 Å². The van der Waals surface area contributed by atoms with Gasteiger partial charge in [0, 0.05) is 0 Å². The summed E-state index contributed by atoms with van der Waals surface area (Å²) in [6.07, 6.45) is 3.78. The highest BCUT2D eigenvalue weighted by Gasteiger charge is 2.57. The van der Waals surface area contributed by atoms with Gasteiger partial charge in [0.25, 0.3) is 0 Å². The van der Waals surface area contributed by atoms with Gasteiger partial charge in [-0.2, -0.15) is 0 Å². The average Bonchev–Trinajstić information content (AvgIpc) is 2.20. The first-order valence-electron chi connectivity index (χ1n) is 6.56. The lowest BCUT2D eigenvalue weighted by Gasteiger charge is -2.61. The summed E-state index contributed by atoms with van der Waals surface area (Å²) >= 11 is 0. The lowest BCUT2D eigenvalue weighted by atomic mass is 9.45. The van der Waals surface area contributed by atoms with Crippen LogP contribution < -0.4 is 0 Å². The van der Waals surface area contributed by atoms with Gasteiger partial charge in [-0.25, -0.2) is 0 Å². The molecule has 2 bridgehead atoms. The van der Waals surface area contributed by atoms with Gasteiger partial charge >= 0.3 is 0 Å². The number of fused-ring (bicyclic) bond motifs is 3. The summed E-state index contributed by atoms with van der Waals surface area (Å²) in [5.74, 6) is 1.29. The van der Waals surface area contributed by atoms with Crippen LogP contribution in [0.15, 0.2) is 0 Å². The molecule has 0 saturated heterocycles. The highest BCUT2D eigenvalue weighted by atomic mass is 16.3. The smallest absolute Gasteiger partial charge is 0.0627 e. The van der Waals surface area contributed by atoms with Gasteiger partial charge in [0.2, 0.25) is 0 Å². The summed E-state index contributed by atoms with van der Waals surface area (Å²) in [6, 6.07) is 0. The summed E-state index contributed by atoms with van der Waals surface area (Å²) in [5, 5.41) is 10.3. The molecule has 3 saturated carbocycles. The molecule has 1 heteroatoms. The first-order chi connectivity index (χ1) is 6.88. The molecule has 0 aromatic heterocycles. The lowest BCUT2D eigenvalue weighted by Crippen LogP contribution is -2.58. The maximum absolute atomic E-state index is 10.3. The number of hydrogen-bond acceptors (Lipinski definition) is 1. The highest BCUT2D eigenvalue weighted by molar-refractivity contribution is 5.07. The van der Waals surface area contributed by atoms with Crippen LogP contribution in [0, 0.1) is 22.7 Å². The van der Waals surface area contributed by atoms with E-state index in [-0.39, 0.29) is 11.5 Å². The minimum absolute atomic E-state index is 0.0741.